The Hall–Kier alpha value is -2.54. The highest BCUT2D eigenvalue weighted by Gasteiger charge is 2.28. The Balaban J connectivity index is 1.99. The van der Waals surface area contributed by atoms with Crippen molar-refractivity contribution in [2.45, 2.75) is 58.7 Å². The Bertz CT molecular complexity index is 876. The van der Waals surface area contributed by atoms with E-state index in [9.17, 15) is 9.59 Å². The number of hydrogen-bond acceptors (Lipinski definition) is 4. The molecule has 32 heavy (non-hydrogen) atoms. The molecule has 2 aromatic rings. The van der Waals surface area contributed by atoms with E-state index in [0.717, 1.165) is 21.5 Å². The van der Waals surface area contributed by atoms with Gasteiger partial charge in [0.15, 0.2) is 0 Å². The summed E-state index contributed by atoms with van der Waals surface area (Å²) in [7, 11) is 1.62. The minimum absolute atomic E-state index is 0.0807. The van der Waals surface area contributed by atoms with Crippen LogP contribution in [0.3, 0.4) is 0 Å². The van der Waals surface area contributed by atoms with Crippen LogP contribution >= 0.6 is 15.9 Å². The van der Waals surface area contributed by atoms with Gasteiger partial charge in [-0.15, -0.1) is 0 Å². The fourth-order valence-corrected chi connectivity index (χ4v) is 3.34. The van der Waals surface area contributed by atoms with E-state index in [1.165, 1.54) is 0 Å². The van der Waals surface area contributed by atoms with Gasteiger partial charge in [-0.25, -0.2) is 0 Å². The molecule has 1 N–H and O–H groups in total. The summed E-state index contributed by atoms with van der Waals surface area (Å²) in [6.07, 6.45) is 0.842. The lowest BCUT2D eigenvalue weighted by Crippen LogP contribution is -2.52. The largest absolute Gasteiger partial charge is 0.497 e. The maximum atomic E-state index is 13.1. The predicted molar refractivity (Wildman–Crippen MR) is 130 cm³/mol. The quantitative estimate of drug-likeness (QED) is 0.464. The first kappa shape index (κ1) is 25.7. The first-order valence-corrected chi connectivity index (χ1v) is 11.5. The molecule has 0 unspecified atom stereocenters. The van der Waals surface area contributed by atoms with Gasteiger partial charge in [0.25, 0.3) is 0 Å². The summed E-state index contributed by atoms with van der Waals surface area (Å²) < 4.78 is 11.8. The number of carbonyl (C=O) groups is 2. The first-order valence-electron chi connectivity index (χ1n) is 10.7. The molecule has 0 fully saturated rings. The van der Waals surface area contributed by atoms with Gasteiger partial charge in [-0.1, -0.05) is 28.1 Å². The topological polar surface area (TPSA) is 67.9 Å². The second-order valence-electron chi connectivity index (χ2n) is 8.69. The molecule has 0 aromatic heterocycles. The van der Waals surface area contributed by atoms with Crippen LogP contribution in [0.1, 0.15) is 46.1 Å². The number of rotatable bonds is 10. The van der Waals surface area contributed by atoms with Crippen molar-refractivity contribution < 1.29 is 19.1 Å². The van der Waals surface area contributed by atoms with Crippen LogP contribution in [0, 0.1) is 0 Å². The van der Waals surface area contributed by atoms with Crippen molar-refractivity contribution in [2.24, 2.45) is 0 Å². The monoisotopic (exact) mass is 504 g/mol. The summed E-state index contributed by atoms with van der Waals surface area (Å²) in [4.78, 5) is 27.5. The highest BCUT2D eigenvalue weighted by Crippen LogP contribution is 2.18. The van der Waals surface area contributed by atoms with E-state index >= 15 is 0 Å². The zero-order valence-corrected chi connectivity index (χ0v) is 21.1. The Kier molecular flexibility index (Phi) is 9.57. The van der Waals surface area contributed by atoms with Gasteiger partial charge < -0.3 is 19.7 Å². The number of nitrogens with zero attached hydrogens (tertiary/aromatic N) is 1. The van der Waals surface area contributed by atoms with Crippen LogP contribution in [-0.2, 0) is 16.1 Å². The van der Waals surface area contributed by atoms with Crippen molar-refractivity contribution in [1.82, 2.24) is 10.2 Å². The molecule has 0 aliphatic rings. The van der Waals surface area contributed by atoms with Gasteiger partial charge in [0.2, 0.25) is 11.8 Å². The van der Waals surface area contributed by atoms with E-state index in [1.54, 1.807) is 18.9 Å². The lowest BCUT2D eigenvalue weighted by molar-refractivity contribution is -0.141. The van der Waals surface area contributed by atoms with Gasteiger partial charge in [-0.3, -0.25) is 9.59 Å². The molecule has 2 amide bonds. The van der Waals surface area contributed by atoms with E-state index in [1.807, 2.05) is 69.3 Å². The predicted octanol–water partition coefficient (Wildman–Crippen LogP) is 4.95. The third-order valence-corrected chi connectivity index (χ3v) is 5.32. The molecule has 0 radical (unpaired) electrons. The highest BCUT2D eigenvalue weighted by molar-refractivity contribution is 9.10. The van der Waals surface area contributed by atoms with E-state index in [0.29, 0.717) is 26.0 Å². The SMILES string of the molecule is COc1ccc(OCCCC(=O)N(Cc2ccc(Br)cc2)[C@@H](C)C(=O)NC(C)(C)C)cc1. The summed E-state index contributed by atoms with van der Waals surface area (Å²) in [5, 5.41) is 2.97. The maximum absolute atomic E-state index is 13.1. The summed E-state index contributed by atoms with van der Waals surface area (Å²) in [6.45, 7) is 8.32. The maximum Gasteiger partial charge on any atom is 0.242 e. The Morgan fingerprint density at radius 2 is 1.62 bits per heavy atom. The van der Waals surface area contributed by atoms with Crippen LogP contribution in [0.5, 0.6) is 11.5 Å². The average Bonchev–Trinajstić information content (AvgIpc) is 2.75. The van der Waals surface area contributed by atoms with Crippen molar-refractivity contribution in [3.63, 3.8) is 0 Å². The number of carbonyl (C=O) groups excluding carboxylic acids is 2. The lowest BCUT2D eigenvalue weighted by Gasteiger charge is -2.31. The number of amides is 2. The van der Waals surface area contributed by atoms with E-state index in [2.05, 4.69) is 21.2 Å². The van der Waals surface area contributed by atoms with Gasteiger partial charge in [0.1, 0.15) is 17.5 Å². The molecular weight excluding hydrogens is 472 g/mol. The normalized spacial score (nSPS) is 12.1. The van der Waals surface area contributed by atoms with Crippen molar-refractivity contribution in [3.8, 4) is 11.5 Å². The fourth-order valence-electron chi connectivity index (χ4n) is 3.07. The molecule has 0 aliphatic heterocycles. The standard InChI is InChI=1S/C25H33BrN2O4/c1-18(24(30)27-25(2,3)4)28(17-19-8-10-20(26)11-9-19)23(29)7-6-16-32-22-14-12-21(31-5)13-15-22/h8-15,18H,6-7,16-17H2,1-5H3,(H,27,30)/t18-/m0/s1. The molecule has 7 heteroatoms. The van der Waals surface area contributed by atoms with Crippen LogP contribution in [0.2, 0.25) is 0 Å². The second kappa shape index (κ2) is 11.9. The summed E-state index contributed by atoms with van der Waals surface area (Å²) in [5.41, 5.74) is 0.593. The van der Waals surface area contributed by atoms with Crippen molar-refractivity contribution in [1.29, 1.82) is 0 Å². The summed E-state index contributed by atoms with van der Waals surface area (Å²) in [6, 6.07) is 14.5. The fraction of sp³-hybridized carbons (Fsp3) is 0.440. The van der Waals surface area contributed by atoms with Crippen LogP contribution in [0.25, 0.3) is 0 Å². The molecule has 0 spiro atoms. The summed E-state index contributed by atoms with van der Waals surface area (Å²) >= 11 is 3.43. The molecule has 0 bridgehead atoms. The number of nitrogens with one attached hydrogen (secondary N) is 1. The average molecular weight is 505 g/mol. The number of ether oxygens (including phenoxy) is 2. The zero-order chi connectivity index (χ0) is 23.7. The highest BCUT2D eigenvalue weighted by atomic mass is 79.9. The molecule has 2 aromatic carbocycles. The Morgan fingerprint density at radius 1 is 1.03 bits per heavy atom. The number of methoxy groups -OCH3 is 1. The van der Waals surface area contributed by atoms with Crippen LogP contribution in [0.15, 0.2) is 53.0 Å². The van der Waals surface area contributed by atoms with Crippen molar-refractivity contribution in [3.05, 3.63) is 58.6 Å². The van der Waals surface area contributed by atoms with Gasteiger partial charge in [0.05, 0.1) is 13.7 Å². The van der Waals surface area contributed by atoms with Crippen LogP contribution in [0.4, 0.5) is 0 Å². The van der Waals surface area contributed by atoms with E-state index in [4.69, 9.17) is 9.47 Å². The Labute approximate surface area is 199 Å². The van der Waals surface area contributed by atoms with Gasteiger partial charge in [0, 0.05) is 23.0 Å². The molecule has 0 saturated heterocycles. The van der Waals surface area contributed by atoms with Gasteiger partial charge >= 0.3 is 0 Å². The number of benzene rings is 2. The van der Waals surface area contributed by atoms with Crippen molar-refractivity contribution >= 4 is 27.7 Å². The summed E-state index contributed by atoms with van der Waals surface area (Å²) in [5.74, 6) is 1.24. The molecule has 2 rings (SSSR count). The van der Waals surface area contributed by atoms with E-state index in [-0.39, 0.29) is 17.4 Å². The Morgan fingerprint density at radius 3 is 2.19 bits per heavy atom. The molecule has 0 aliphatic carbocycles. The number of halogens is 1. The molecule has 6 nitrogen and oxygen atoms in total. The molecule has 0 saturated carbocycles. The van der Waals surface area contributed by atoms with Crippen LogP contribution < -0.4 is 14.8 Å². The molecule has 174 valence electrons. The third kappa shape index (κ3) is 8.54. The van der Waals surface area contributed by atoms with Crippen molar-refractivity contribution in [2.75, 3.05) is 13.7 Å². The smallest absolute Gasteiger partial charge is 0.242 e. The molecule has 0 heterocycles. The minimum Gasteiger partial charge on any atom is -0.497 e. The van der Waals surface area contributed by atoms with Gasteiger partial charge in [-0.2, -0.15) is 0 Å². The zero-order valence-electron chi connectivity index (χ0n) is 19.5. The van der Waals surface area contributed by atoms with Crippen LogP contribution in [-0.4, -0.2) is 42.0 Å². The van der Waals surface area contributed by atoms with Gasteiger partial charge in [-0.05, 0) is 76.1 Å². The third-order valence-electron chi connectivity index (χ3n) is 4.79. The molecule has 1 atom stereocenters. The van der Waals surface area contributed by atoms with E-state index < -0.39 is 6.04 Å². The minimum atomic E-state index is -0.590. The first-order chi connectivity index (χ1) is 15.1. The number of hydrogen-bond donors (Lipinski definition) is 1. The molecular formula is C25H33BrN2O4. The second-order valence-corrected chi connectivity index (χ2v) is 9.61. The lowest BCUT2D eigenvalue weighted by atomic mass is 10.1.